The molecule has 2 N–H and O–H groups in total. The van der Waals surface area contributed by atoms with Crippen LogP contribution in [-0.2, 0) is 23.9 Å². The van der Waals surface area contributed by atoms with Gasteiger partial charge in [-0.15, -0.1) is 0 Å². The molecule has 0 bridgehead atoms. The number of carbonyl (C=O) groups is 3. The molecule has 0 aromatic heterocycles. The van der Waals surface area contributed by atoms with E-state index in [0.29, 0.717) is 25.9 Å². The molecule has 122 valence electrons. The second-order valence-corrected chi connectivity index (χ2v) is 4.66. The monoisotopic (exact) mass is 304 g/mol. The number of carbonyl (C=O) groups excluding carboxylic acids is 2. The number of hydrogen-bond acceptors (Lipinski definition) is 6. The summed E-state index contributed by atoms with van der Waals surface area (Å²) in [6.07, 6.45) is 3.34. The number of esters is 2. The van der Waals surface area contributed by atoms with Crippen LogP contribution in [0.15, 0.2) is 0 Å². The van der Waals surface area contributed by atoms with Gasteiger partial charge in [-0.2, -0.15) is 0 Å². The summed E-state index contributed by atoms with van der Waals surface area (Å²) in [5, 5.41) is 17.2. The van der Waals surface area contributed by atoms with Gasteiger partial charge in [0.1, 0.15) is 0 Å². The predicted octanol–water partition coefficient (Wildman–Crippen LogP) is 1.62. The van der Waals surface area contributed by atoms with Crippen molar-refractivity contribution in [3.05, 3.63) is 0 Å². The Hall–Kier alpha value is -1.63. The zero-order chi connectivity index (χ0) is 16.1. The van der Waals surface area contributed by atoms with Gasteiger partial charge < -0.3 is 19.7 Å². The molecule has 0 aliphatic carbocycles. The third-order valence-electron chi connectivity index (χ3n) is 2.63. The van der Waals surface area contributed by atoms with Gasteiger partial charge in [-0.3, -0.25) is 14.4 Å². The number of cyclic esters (lactones) is 1. The summed E-state index contributed by atoms with van der Waals surface area (Å²) in [5.41, 5.74) is 0. The van der Waals surface area contributed by atoms with E-state index in [-0.39, 0.29) is 18.8 Å². The Morgan fingerprint density at radius 1 is 1.29 bits per heavy atom. The zero-order valence-electron chi connectivity index (χ0n) is 12.4. The highest BCUT2D eigenvalue weighted by atomic mass is 16.6. The standard InChI is InChI=1S/C8H14O5.C6H10O2/c1-2-3-7(11)13-8(12)5-4-6(9)10;7-6-4-2-1-3-5-8-6/h7,11H,2-5H2,1H3,(H,9,10);1-5H2. The molecule has 7 heteroatoms. The molecule has 7 nitrogen and oxygen atoms in total. The number of hydrogen-bond donors (Lipinski definition) is 2. The number of ether oxygens (including phenoxy) is 2. The van der Waals surface area contributed by atoms with E-state index in [1.807, 2.05) is 6.92 Å². The van der Waals surface area contributed by atoms with Crippen LogP contribution in [0.4, 0.5) is 0 Å². The summed E-state index contributed by atoms with van der Waals surface area (Å²) in [7, 11) is 0. The van der Waals surface area contributed by atoms with Crippen LogP contribution in [0.2, 0.25) is 0 Å². The largest absolute Gasteiger partial charge is 0.481 e. The lowest BCUT2D eigenvalue weighted by atomic mass is 10.2. The van der Waals surface area contributed by atoms with Crippen LogP contribution in [0.1, 0.15) is 58.3 Å². The third-order valence-corrected chi connectivity index (χ3v) is 2.63. The fourth-order valence-electron chi connectivity index (χ4n) is 1.53. The SMILES string of the molecule is CCCC(O)OC(=O)CCC(=O)O.O=C1CCCCCO1. The van der Waals surface area contributed by atoms with E-state index < -0.39 is 18.2 Å². The maximum atomic E-state index is 10.8. The molecular formula is C14H24O7. The summed E-state index contributed by atoms with van der Waals surface area (Å²) in [6.45, 7) is 2.48. The van der Waals surface area contributed by atoms with Crippen molar-refractivity contribution in [1.29, 1.82) is 0 Å². The Kier molecular flexibility index (Phi) is 11.2. The molecule has 0 radical (unpaired) electrons. The predicted molar refractivity (Wildman–Crippen MR) is 73.3 cm³/mol. The topological polar surface area (TPSA) is 110 Å². The molecule has 0 spiro atoms. The molecule has 1 saturated heterocycles. The normalized spacial score (nSPS) is 15.8. The third kappa shape index (κ3) is 13.1. The van der Waals surface area contributed by atoms with Crippen LogP contribution in [0, 0.1) is 0 Å². The molecule has 1 aliphatic rings. The lowest BCUT2D eigenvalue weighted by Crippen LogP contribution is -2.17. The highest BCUT2D eigenvalue weighted by Gasteiger charge is 2.11. The van der Waals surface area contributed by atoms with E-state index in [4.69, 9.17) is 14.9 Å². The van der Waals surface area contributed by atoms with E-state index in [1.165, 1.54) is 0 Å². The minimum absolute atomic E-state index is 0.0255. The Bertz CT molecular complexity index is 317. The quantitative estimate of drug-likeness (QED) is 0.566. The van der Waals surface area contributed by atoms with Gasteiger partial charge in [-0.1, -0.05) is 13.3 Å². The summed E-state index contributed by atoms with van der Waals surface area (Å²) < 4.78 is 9.26. The molecule has 0 aromatic rings. The van der Waals surface area contributed by atoms with E-state index in [0.717, 1.165) is 19.3 Å². The highest BCUT2D eigenvalue weighted by molar-refractivity contribution is 5.76. The minimum Gasteiger partial charge on any atom is -0.481 e. The van der Waals surface area contributed by atoms with Gasteiger partial charge in [0.05, 0.1) is 19.4 Å². The van der Waals surface area contributed by atoms with Crippen molar-refractivity contribution in [3.8, 4) is 0 Å². The molecule has 1 fully saturated rings. The van der Waals surface area contributed by atoms with Crippen molar-refractivity contribution in [3.63, 3.8) is 0 Å². The van der Waals surface area contributed by atoms with Crippen molar-refractivity contribution >= 4 is 17.9 Å². The van der Waals surface area contributed by atoms with Crippen molar-refractivity contribution in [2.45, 2.75) is 64.6 Å². The zero-order valence-corrected chi connectivity index (χ0v) is 12.4. The van der Waals surface area contributed by atoms with Crippen molar-refractivity contribution in [2.75, 3.05) is 6.61 Å². The van der Waals surface area contributed by atoms with Crippen molar-refractivity contribution in [2.24, 2.45) is 0 Å². The lowest BCUT2D eigenvalue weighted by Gasteiger charge is -2.09. The summed E-state index contributed by atoms with van der Waals surface area (Å²) >= 11 is 0. The number of aliphatic hydroxyl groups excluding tert-OH is 1. The lowest BCUT2D eigenvalue weighted by molar-refractivity contribution is -0.170. The molecule has 1 unspecified atom stereocenters. The Balaban J connectivity index is 0.000000423. The van der Waals surface area contributed by atoms with E-state index in [1.54, 1.807) is 0 Å². The van der Waals surface area contributed by atoms with Gasteiger partial charge in [-0.05, 0) is 19.3 Å². The Morgan fingerprint density at radius 3 is 2.62 bits per heavy atom. The van der Waals surface area contributed by atoms with Gasteiger partial charge in [0.15, 0.2) is 0 Å². The first kappa shape index (κ1) is 19.4. The average molecular weight is 304 g/mol. The van der Waals surface area contributed by atoms with Crippen LogP contribution in [0.25, 0.3) is 0 Å². The van der Waals surface area contributed by atoms with Crippen molar-refractivity contribution in [1.82, 2.24) is 0 Å². The van der Waals surface area contributed by atoms with E-state index in [9.17, 15) is 14.4 Å². The maximum absolute atomic E-state index is 10.8. The maximum Gasteiger partial charge on any atom is 0.308 e. The fourth-order valence-corrected chi connectivity index (χ4v) is 1.53. The first-order valence-corrected chi connectivity index (χ1v) is 7.20. The summed E-state index contributed by atoms with van der Waals surface area (Å²) in [4.78, 5) is 31.3. The smallest absolute Gasteiger partial charge is 0.308 e. The van der Waals surface area contributed by atoms with Crippen molar-refractivity contribution < 1.29 is 34.1 Å². The average Bonchev–Trinajstić information content (AvgIpc) is 2.65. The van der Waals surface area contributed by atoms with Gasteiger partial charge in [0.2, 0.25) is 6.29 Å². The molecule has 0 saturated carbocycles. The minimum atomic E-state index is -1.11. The second kappa shape index (κ2) is 12.1. The Morgan fingerprint density at radius 2 is 2.00 bits per heavy atom. The highest BCUT2D eigenvalue weighted by Crippen LogP contribution is 2.06. The van der Waals surface area contributed by atoms with Gasteiger partial charge >= 0.3 is 17.9 Å². The molecule has 1 aliphatic heterocycles. The number of aliphatic carboxylic acids is 1. The first-order chi connectivity index (χ1) is 9.95. The van der Waals surface area contributed by atoms with Crippen LogP contribution in [0.3, 0.4) is 0 Å². The number of rotatable bonds is 6. The second-order valence-electron chi connectivity index (χ2n) is 4.66. The molecular weight excluding hydrogens is 280 g/mol. The number of carboxylic acids is 1. The van der Waals surface area contributed by atoms with Gasteiger partial charge in [-0.25, -0.2) is 0 Å². The molecule has 1 heterocycles. The summed E-state index contributed by atoms with van der Waals surface area (Å²) in [5.74, 6) is -1.76. The van der Waals surface area contributed by atoms with Crippen LogP contribution in [-0.4, -0.2) is 41.0 Å². The van der Waals surface area contributed by atoms with Crippen LogP contribution >= 0.6 is 0 Å². The molecule has 21 heavy (non-hydrogen) atoms. The molecule has 0 amide bonds. The van der Waals surface area contributed by atoms with Gasteiger partial charge in [0, 0.05) is 12.8 Å². The Labute approximate surface area is 124 Å². The van der Waals surface area contributed by atoms with E-state index >= 15 is 0 Å². The van der Waals surface area contributed by atoms with Crippen LogP contribution in [0.5, 0.6) is 0 Å². The first-order valence-electron chi connectivity index (χ1n) is 7.20. The van der Waals surface area contributed by atoms with E-state index in [2.05, 4.69) is 4.74 Å². The molecule has 0 aromatic carbocycles. The molecule has 1 atom stereocenters. The number of carboxylic acid groups (broad SMARTS) is 1. The molecule has 1 rings (SSSR count). The number of aliphatic hydroxyl groups is 1. The van der Waals surface area contributed by atoms with Gasteiger partial charge in [0.25, 0.3) is 0 Å². The van der Waals surface area contributed by atoms with Crippen LogP contribution < -0.4 is 0 Å². The summed E-state index contributed by atoms with van der Waals surface area (Å²) in [6, 6.07) is 0. The fraction of sp³-hybridized carbons (Fsp3) is 0.786.